The molecule has 1 amide bonds. The van der Waals surface area contributed by atoms with E-state index in [2.05, 4.69) is 0 Å². The third-order valence-corrected chi connectivity index (χ3v) is 6.97. The van der Waals surface area contributed by atoms with Crippen LogP contribution in [0.3, 0.4) is 0 Å². The van der Waals surface area contributed by atoms with Crippen LogP contribution in [0, 0.1) is 11.8 Å². The zero-order valence-corrected chi connectivity index (χ0v) is 17.9. The van der Waals surface area contributed by atoms with Crippen molar-refractivity contribution in [2.75, 3.05) is 0 Å². The van der Waals surface area contributed by atoms with Gasteiger partial charge in [0.25, 0.3) is 0 Å². The van der Waals surface area contributed by atoms with Crippen LogP contribution in [0.15, 0.2) is 42.5 Å². The average molecular weight is 477 g/mol. The lowest BCUT2D eigenvalue weighted by atomic mass is 9.59. The molecular weight excluding hydrogens is 458 g/mol. The Kier molecular flexibility index (Phi) is 4.73. The number of ketones is 3. The second-order valence-corrected chi connectivity index (χ2v) is 8.75. The van der Waals surface area contributed by atoms with E-state index in [1.807, 2.05) is 0 Å². The summed E-state index contributed by atoms with van der Waals surface area (Å²) in [5.74, 6) is -11.2. The minimum atomic E-state index is -3.07. The Morgan fingerprint density at radius 2 is 1.60 bits per heavy atom. The number of carbonyl (C=O) groups is 4. The summed E-state index contributed by atoms with van der Waals surface area (Å²) in [5.41, 5.74) is 1.58. The number of aliphatic hydroxyl groups is 2. The van der Waals surface area contributed by atoms with Gasteiger partial charge in [-0.1, -0.05) is 30.3 Å². The molecule has 0 aliphatic heterocycles. The zero-order valence-electron chi connectivity index (χ0n) is 17.9. The molecule has 0 bridgehead atoms. The number of hydrogen-bond acceptors (Lipinski definition) is 9. The minimum Gasteiger partial charge on any atom is -0.507 e. The number of phenols is 3. The maximum Gasteiger partial charge on any atom is 0.235 e. The van der Waals surface area contributed by atoms with Gasteiger partial charge in [-0.25, -0.2) is 0 Å². The van der Waals surface area contributed by atoms with Gasteiger partial charge >= 0.3 is 0 Å². The van der Waals surface area contributed by atoms with Crippen LogP contribution in [0.1, 0.15) is 28.4 Å². The van der Waals surface area contributed by atoms with Gasteiger partial charge in [0.05, 0.1) is 17.1 Å². The van der Waals surface area contributed by atoms with E-state index in [9.17, 15) is 44.7 Å². The molecule has 3 aromatic carbocycles. The van der Waals surface area contributed by atoms with Crippen molar-refractivity contribution in [3.63, 3.8) is 0 Å². The highest BCUT2D eigenvalue weighted by Gasteiger charge is 2.65. The minimum absolute atomic E-state index is 0.112. The number of Topliss-reactive ketones (excluding diaryl/α,β-unsaturated/α-hetero) is 3. The van der Waals surface area contributed by atoms with Gasteiger partial charge in [0, 0.05) is 28.9 Å². The molecule has 1 unspecified atom stereocenters. The predicted molar refractivity (Wildman–Crippen MR) is 119 cm³/mol. The third-order valence-electron chi connectivity index (χ3n) is 6.97. The summed E-state index contributed by atoms with van der Waals surface area (Å²) in [6, 6.07) is 11.4. The van der Waals surface area contributed by atoms with E-state index in [0.29, 0.717) is 5.56 Å². The highest BCUT2D eigenvalue weighted by atomic mass is 16.3. The molecule has 1 saturated carbocycles. The first-order chi connectivity index (χ1) is 16.5. The van der Waals surface area contributed by atoms with Crippen molar-refractivity contribution in [2.24, 2.45) is 17.6 Å². The van der Waals surface area contributed by atoms with Crippen molar-refractivity contribution in [3.8, 4) is 28.4 Å². The number of amides is 1. The summed E-state index contributed by atoms with van der Waals surface area (Å²) < 4.78 is 0. The van der Waals surface area contributed by atoms with E-state index >= 15 is 0 Å². The molecule has 2 aliphatic carbocycles. The van der Waals surface area contributed by atoms with Crippen LogP contribution in [0.25, 0.3) is 21.9 Å². The topological polar surface area (TPSA) is 195 Å². The molecule has 1 fully saturated rings. The van der Waals surface area contributed by atoms with Gasteiger partial charge in [-0.05, 0) is 17.7 Å². The van der Waals surface area contributed by atoms with Crippen LogP contribution in [-0.4, -0.2) is 54.4 Å². The molecule has 3 aromatic rings. The number of hydrogen-bond donors (Lipinski definition) is 6. The molecular formula is C25H19NO9. The highest BCUT2D eigenvalue weighted by molar-refractivity contribution is 6.32. The first kappa shape index (κ1) is 22.5. The Labute approximate surface area is 196 Å². The number of nitrogens with two attached hydrogens (primary N) is 1. The lowest BCUT2D eigenvalue weighted by Crippen LogP contribution is -2.65. The van der Waals surface area contributed by atoms with E-state index in [-0.39, 0.29) is 16.3 Å². The number of fused-ring (bicyclic) bond motifs is 3. The summed E-state index contributed by atoms with van der Waals surface area (Å²) in [6.07, 6.45) is -2.70. The maximum atomic E-state index is 13.5. The Balaban J connectivity index is 1.81. The molecule has 4 atom stereocenters. The van der Waals surface area contributed by atoms with Crippen LogP contribution < -0.4 is 5.73 Å². The Morgan fingerprint density at radius 1 is 0.943 bits per heavy atom. The lowest BCUT2D eigenvalue weighted by Gasteiger charge is -2.45. The molecule has 0 saturated heterocycles. The largest absolute Gasteiger partial charge is 0.507 e. The van der Waals surface area contributed by atoms with Gasteiger partial charge < -0.3 is 31.3 Å². The Bertz CT molecular complexity index is 1480. The van der Waals surface area contributed by atoms with Crippen LogP contribution in [0.5, 0.6) is 17.2 Å². The Morgan fingerprint density at radius 3 is 2.23 bits per heavy atom. The number of phenolic OH excluding ortho intramolecular Hbond substituents is 3. The fraction of sp³-hybridized carbons (Fsp3) is 0.200. The van der Waals surface area contributed by atoms with E-state index in [0.717, 1.165) is 0 Å². The van der Waals surface area contributed by atoms with E-state index < -0.39 is 81.6 Å². The fourth-order valence-corrected chi connectivity index (χ4v) is 5.24. The van der Waals surface area contributed by atoms with Crippen LogP contribution >= 0.6 is 0 Å². The Hall–Kier alpha value is -4.28. The van der Waals surface area contributed by atoms with Crippen molar-refractivity contribution in [1.82, 2.24) is 0 Å². The number of primary amides is 1. The molecule has 2 aliphatic rings. The highest BCUT2D eigenvalue weighted by Crippen LogP contribution is 2.56. The van der Waals surface area contributed by atoms with Gasteiger partial charge in [-0.15, -0.1) is 0 Å². The zero-order chi connectivity index (χ0) is 25.4. The molecule has 5 rings (SSSR count). The summed E-state index contributed by atoms with van der Waals surface area (Å²) in [5, 5.41) is 54.8. The number of carbonyl (C=O) groups excluding carboxylic acids is 4. The molecule has 0 heterocycles. The third kappa shape index (κ3) is 2.77. The van der Waals surface area contributed by atoms with Gasteiger partial charge in [0.2, 0.25) is 11.7 Å². The van der Waals surface area contributed by atoms with Crippen molar-refractivity contribution in [1.29, 1.82) is 0 Å². The van der Waals surface area contributed by atoms with Crippen LogP contribution in [-0.2, 0) is 14.4 Å². The molecule has 35 heavy (non-hydrogen) atoms. The molecule has 10 heteroatoms. The van der Waals surface area contributed by atoms with Crippen LogP contribution in [0.4, 0.5) is 0 Å². The summed E-state index contributed by atoms with van der Waals surface area (Å²) >= 11 is 0. The average Bonchev–Trinajstić information content (AvgIpc) is 2.82. The van der Waals surface area contributed by atoms with Crippen molar-refractivity contribution >= 4 is 34.0 Å². The number of aliphatic hydroxyl groups excluding tert-OH is 1. The van der Waals surface area contributed by atoms with Crippen LogP contribution in [0.2, 0.25) is 0 Å². The first-order valence-electron chi connectivity index (χ1n) is 10.6. The SMILES string of the molecule is NC(=O)C1C(=O)C[C@@H]2[C@@H](O)c3c(c(O)c4c(O)c(-c5ccccc5)ccc4c3O)C(=O)[C@]2(O)C1=O. The monoisotopic (exact) mass is 477 g/mol. The second-order valence-electron chi connectivity index (χ2n) is 8.75. The summed E-state index contributed by atoms with van der Waals surface area (Å²) in [6.45, 7) is 0. The molecule has 0 spiro atoms. The number of rotatable bonds is 2. The predicted octanol–water partition coefficient (Wildman–Crippen LogP) is 0.844. The lowest BCUT2D eigenvalue weighted by molar-refractivity contribution is -0.163. The van der Waals surface area contributed by atoms with E-state index in [1.54, 1.807) is 30.3 Å². The molecule has 178 valence electrons. The number of benzene rings is 3. The maximum absolute atomic E-state index is 13.5. The summed E-state index contributed by atoms with van der Waals surface area (Å²) in [7, 11) is 0. The van der Waals surface area contributed by atoms with Gasteiger partial charge in [-0.2, -0.15) is 0 Å². The van der Waals surface area contributed by atoms with Crippen molar-refractivity contribution in [2.45, 2.75) is 18.1 Å². The second kappa shape index (κ2) is 7.36. The smallest absolute Gasteiger partial charge is 0.235 e. The van der Waals surface area contributed by atoms with Crippen molar-refractivity contribution in [3.05, 3.63) is 53.6 Å². The van der Waals surface area contributed by atoms with E-state index in [4.69, 9.17) is 5.73 Å². The molecule has 7 N–H and O–H groups in total. The summed E-state index contributed by atoms with van der Waals surface area (Å²) in [4.78, 5) is 50.6. The van der Waals surface area contributed by atoms with Gasteiger partial charge in [0.1, 0.15) is 17.2 Å². The number of aromatic hydroxyl groups is 3. The standard InChI is InChI=1S/C25H19NO9/c26-24(34)15-13(27)8-12-20(30)16-17(23(33)25(12,35)22(15)32)21(31)14-11(19(16)29)7-6-10(18(14)28)9-4-2-1-3-5-9/h1-7,12,15,20,28-31,35H,8H2,(H2,26,34)/t12-,15?,20-,25-/m1/s1. The van der Waals surface area contributed by atoms with E-state index in [1.165, 1.54) is 12.1 Å². The fourth-order valence-electron chi connectivity index (χ4n) is 5.24. The molecule has 0 aromatic heterocycles. The van der Waals surface area contributed by atoms with Gasteiger partial charge in [-0.3, -0.25) is 19.2 Å². The molecule has 10 nitrogen and oxygen atoms in total. The molecule has 0 radical (unpaired) electrons. The van der Waals surface area contributed by atoms with Crippen molar-refractivity contribution < 1.29 is 44.7 Å². The quantitative estimate of drug-likeness (QED) is 0.229. The first-order valence-corrected chi connectivity index (χ1v) is 10.6. The van der Waals surface area contributed by atoms with Gasteiger partial charge in [0.15, 0.2) is 23.1 Å². The normalized spacial score (nSPS) is 25.9.